The van der Waals surface area contributed by atoms with Gasteiger partial charge in [-0.15, -0.1) is 0 Å². The SMILES string of the molecule is O=C(NCC(F)(F)F)Nc1ccc(SC(F)F)cc1. The highest BCUT2D eigenvalue weighted by molar-refractivity contribution is 7.99. The molecule has 0 aliphatic carbocycles. The summed E-state index contributed by atoms with van der Waals surface area (Å²) in [4.78, 5) is 11.4. The summed E-state index contributed by atoms with van der Waals surface area (Å²) in [5, 5.41) is 3.77. The van der Waals surface area contributed by atoms with E-state index in [9.17, 15) is 26.7 Å². The number of thioether (sulfide) groups is 1. The molecule has 0 aromatic heterocycles. The Morgan fingerprint density at radius 2 is 1.79 bits per heavy atom. The standard InChI is InChI=1S/C10H9F5N2OS/c11-8(12)19-7-3-1-6(2-4-7)17-9(18)16-5-10(13,14)15/h1-4,8H,5H2,(H2,16,17,18). The number of halogens is 5. The number of nitrogens with one attached hydrogen (secondary N) is 2. The van der Waals surface area contributed by atoms with Crippen molar-refractivity contribution in [2.75, 3.05) is 11.9 Å². The average molecular weight is 300 g/mol. The zero-order valence-electron chi connectivity index (χ0n) is 9.30. The average Bonchev–Trinajstić information content (AvgIpc) is 2.28. The van der Waals surface area contributed by atoms with E-state index in [0.29, 0.717) is 11.8 Å². The molecule has 0 bridgehead atoms. The number of anilines is 1. The van der Waals surface area contributed by atoms with Gasteiger partial charge in [-0.3, -0.25) is 0 Å². The van der Waals surface area contributed by atoms with E-state index in [-0.39, 0.29) is 10.6 Å². The van der Waals surface area contributed by atoms with Crippen molar-refractivity contribution in [3.8, 4) is 0 Å². The summed E-state index contributed by atoms with van der Waals surface area (Å²) < 4.78 is 59.5. The first kappa shape index (κ1) is 15.5. The fourth-order valence-corrected chi connectivity index (χ4v) is 1.57. The van der Waals surface area contributed by atoms with Crippen molar-refractivity contribution < 1.29 is 26.7 Å². The van der Waals surface area contributed by atoms with E-state index in [1.807, 2.05) is 0 Å². The Labute approximate surface area is 109 Å². The minimum absolute atomic E-state index is 0.207. The van der Waals surface area contributed by atoms with Crippen LogP contribution in [0.15, 0.2) is 29.2 Å². The van der Waals surface area contributed by atoms with E-state index in [2.05, 4.69) is 5.32 Å². The second-order valence-corrected chi connectivity index (χ2v) is 4.39. The van der Waals surface area contributed by atoms with Crippen molar-refractivity contribution in [2.24, 2.45) is 0 Å². The lowest BCUT2D eigenvalue weighted by atomic mass is 10.3. The number of benzene rings is 1. The molecule has 0 fully saturated rings. The topological polar surface area (TPSA) is 41.1 Å². The zero-order chi connectivity index (χ0) is 14.5. The lowest BCUT2D eigenvalue weighted by molar-refractivity contribution is -0.122. The second kappa shape index (κ2) is 6.60. The summed E-state index contributed by atoms with van der Waals surface area (Å²) in [5.41, 5.74) is 0.207. The molecule has 0 heterocycles. The molecule has 106 valence electrons. The number of alkyl halides is 5. The third-order valence-electron chi connectivity index (χ3n) is 1.79. The Morgan fingerprint density at radius 3 is 2.26 bits per heavy atom. The number of urea groups is 1. The van der Waals surface area contributed by atoms with Gasteiger partial charge >= 0.3 is 12.2 Å². The van der Waals surface area contributed by atoms with Crippen molar-refractivity contribution in [1.82, 2.24) is 5.32 Å². The Morgan fingerprint density at radius 1 is 1.21 bits per heavy atom. The van der Waals surface area contributed by atoms with Gasteiger partial charge in [-0.2, -0.15) is 22.0 Å². The van der Waals surface area contributed by atoms with Crippen molar-refractivity contribution in [3.05, 3.63) is 24.3 Å². The summed E-state index contributed by atoms with van der Waals surface area (Å²) in [7, 11) is 0. The summed E-state index contributed by atoms with van der Waals surface area (Å²) in [6.45, 7) is -1.45. The molecular formula is C10H9F5N2OS. The molecule has 2 N–H and O–H groups in total. The van der Waals surface area contributed by atoms with Crippen LogP contribution in [0.25, 0.3) is 0 Å². The molecule has 9 heteroatoms. The molecule has 2 amide bonds. The van der Waals surface area contributed by atoms with Crippen LogP contribution in [0.1, 0.15) is 0 Å². The van der Waals surface area contributed by atoms with Crippen molar-refractivity contribution in [2.45, 2.75) is 16.8 Å². The molecule has 1 aromatic rings. The Balaban J connectivity index is 2.47. The quantitative estimate of drug-likeness (QED) is 0.658. The van der Waals surface area contributed by atoms with E-state index in [1.54, 1.807) is 5.32 Å². The minimum atomic E-state index is -4.49. The fraction of sp³-hybridized carbons (Fsp3) is 0.300. The molecule has 1 rings (SSSR count). The van der Waals surface area contributed by atoms with Crippen LogP contribution < -0.4 is 10.6 Å². The van der Waals surface area contributed by atoms with E-state index >= 15 is 0 Å². The smallest absolute Gasteiger partial charge is 0.329 e. The molecule has 0 spiro atoms. The highest BCUT2D eigenvalue weighted by Crippen LogP contribution is 2.26. The maximum absolute atomic E-state index is 12.0. The summed E-state index contributed by atoms with van der Waals surface area (Å²) >= 11 is 0.329. The van der Waals surface area contributed by atoms with Gasteiger partial charge in [0, 0.05) is 10.6 Å². The van der Waals surface area contributed by atoms with E-state index in [1.165, 1.54) is 24.3 Å². The number of hydrogen-bond acceptors (Lipinski definition) is 2. The summed E-state index contributed by atoms with van der Waals surface area (Å²) in [6.07, 6.45) is -4.49. The first-order valence-electron chi connectivity index (χ1n) is 4.93. The van der Waals surface area contributed by atoms with Gasteiger partial charge < -0.3 is 10.6 Å². The summed E-state index contributed by atoms with van der Waals surface area (Å²) in [5.74, 6) is -2.56. The van der Waals surface area contributed by atoms with Crippen LogP contribution in [0.2, 0.25) is 0 Å². The molecule has 0 saturated heterocycles. The van der Waals surface area contributed by atoms with Crippen LogP contribution in [-0.4, -0.2) is 24.5 Å². The monoisotopic (exact) mass is 300 g/mol. The first-order valence-corrected chi connectivity index (χ1v) is 5.81. The van der Waals surface area contributed by atoms with E-state index in [4.69, 9.17) is 0 Å². The molecular weight excluding hydrogens is 291 g/mol. The number of rotatable bonds is 4. The van der Waals surface area contributed by atoms with Gasteiger partial charge in [0.1, 0.15) is 6.54 Å². The van der Waals surface area contributed by atoms with Crippen LogP contribution in [0.5, 0.6) is 0 Å². The summed E-state index contributed by atoms with van der Waals surface area (Å²) in [6, 6.07) is 4.27. The van der Waals surface area contributed by atoms with Gasteiger partial charge in [0.2, 0.25) is 0 Å². The Kier molecular flexibility index (Phi) is 5.40. The lowest BCUT2D eigenvalue weighted by Gasteiger charge is -2.10. The molecule has 3 nitrogen and oxygen atoms in total. The fourth-order valence-electron chi connectivity index (χ4n) is 1.08. The lowest BCUT2D eigenvalue weighted by Crippen LogP contribution is -2.36. The van der Waals surface area contributed by atoms with Gasteiger partial charge in [0.05, 0.1) is 0 Å². The maximum atomic E-state index is 12.0. The number of carbonyl (C=O) groups excluding carboxylic acids is 1. The van der Waals surface area contributed by atoms with E-state index < -0.39 is 24.5 Å². The second-order valence-electron chi connectivity index (χ2n) is 3.33. The van der Waals surface area contributed by atoms with Gasteiger partial charge in [-0.25, -0.2) is 4.79 Å². The molecule has 0 aliphatic heterocycles. The van der Waals surface area contributed by atoms with Crippen LogP contribution in [0, 0.1) is 0 Å². The van der Waals surface area contributed by atoms with Gasteiger partial charge in [-0.1, -0.05) is 11.8 Å². The minimum Gasteiger partial charge on any atom is -0.329 e. The van der Waals surface area contributed by atoms with E-state index in [0.717, 1.165) is 0 Å². The zero-order valence-corrected chi connectivity index (χ0v) is 10.1. The molecule has 0 atom stereocenters. The molecule has 1 aromatic carbocycles. The number of hydrogen-bond donors (Lipinski definition) is 2. The molecule has 0 aliphatic rings. The molecule has 19 heavy (non-hydrogen) atoms. The van der Waals surface area contributed by atoms with Gasteiger partial charge in [-0.05, 0) is 24.3 Å². The van der Waals surface area contributed by atoms with Crippen molar-refractivity contribution in [3.63, 3.8) is 0 Å². The van der Waals surface area contributed by atoms with Crippen molar-refractivity contribution in [1.29, 1.82) is 0 Å². The van der Waals surface area contributed by atoms with Crippen LogP contribution in [0.4, 0.5) is 32.4 Å². The van der Waals surface area contributed by atoms with Gasteiger partial charge in [0.25, 0.3) is 5.76 Å². The third-order valence-corrected chi connectivity index (χ3v) is 2.51. The van der Waals surface area contributed by atoms with Crippen LogP contribution in [0.3, 0.4) is 0 Å². The predicted molar refractivity (Wildman–Crippen MR) is 61.4 cm³/mol. The normalized spacial score (nSPS) is 11.5. The van der Waals surface area contributed by atoms with Crippen LogP contribution in [-0.2, 0) is 0 Å². The highest BCUT2D eigenvalue weighted by Gasteiger charge is 2.27. The third kappa shape index (κ3) is 6.85. The van der Waals surface area contributed by atoms with Crippen molar-refractivity contribution >= 4 is 23.5 Å². The van der Waals surface area contributed by atoms with Crippen LogP contribution >= 0.6 is 11.8 Å². The maximum Gasteiger partial charge on any atom is 0.405 e. The first-order chi connectivity index (χ1) is 8.76. The Bertz CT molecular complexity index is 421. The number of carbonyl (C=O) groups is 1. The molecule has 0 saturated carbocycles. The molecule has 0 radical (unpaired) electrons. The largest absolute Gasteiger partial charge is 0.405 e. The Hall–Kier alpha value is -1.51. The predicted octanol–water partition coefficient (Wildman–Crippen LogP) is 3.69. The van der Waals surface area contributed by atoms with Gasteiger partial charge in [0.15, 0.2) is 0 Å². The molecule has 0 unspecified atom stereocenters. The highest BCUT2D eigenvalue weighted by atomic mass is 32.2. The number of amides is 2.